The highest BCUT2D eigenvalue weighted by Gasteiger charge is 2.41. The van der Waals surface area contributed by atoms with Gasteiger partial charge >= 0.3 is 6.18 Å². The van der Waals surface area contributed by atoms with E-state index in [4.69, 9.17) is 0 Å². The molecule has 118 valence electrons. The van der Waals surface area contributed by atoms with Crippen molar-refractivity contribution in [1.82, 2.24) is 5.32 Å². The second kappa shape index (κ2) is 6.67. The second-order valence-corrected chi connectivity index (χ2v) is 7.11. The molecule has 0 aromatic rings. The van der Waals surface area contributed by atoms with Crippen LogP contribution in [0.2, 0.25) is 0 Å². The molecule has 0 spiro atoms. The van der Waals surface area contributed by atoms with E-state index in [0.717, 1.165) is 11.8 Å². The Kier molecular flexibility index (Phi) is 5.38. The van der Waals surface area contributed by atoms with E-state index in [9.17, 15) is 13.2 Å². The van der Waals surface area contributed by atoms with Gasteiger partial charge in [-0.15, -0.1) is 0 Å². The maximum Gasteiger partial charge on any atom is 0.391 e. The van der Waals surface area contributed by atoms with Crippen molar-refractivity contribution in [3.63, 3.8) is 0 Å². The van der Waals surface area contributed by atoms with Crippen molar-refractivity contribution in [2.75, 3.05) is 0 Å². The summed E-state index contributed by atoms with van der Waals surface area (Å²) in [4.78, 5) is 0. The topological polar surface area (TPSA) is 12.0 Å². The van der Waals surface area contributed by atoms with Gasteiger partial charge in [-0.2, -0.15) is 13.2 Å². The molecule has 0 heterocycles. The zero-order chi connectivity index (χ0) is 14.8. The maximum atomic E-state index is 12.6. The third kappa shape index (κ3) is 4.37. The summed E-state index contributed by atoms with van der Waals surface area (Å²) in [6.07, 6.45) is 2.94. The summed E-state index contributed by atoms with van der Waals surface area (Å²) in [6, 6.07) is 0.853. The van der Waals surface area contributed by atoms with Gasteiger partial charge in [0.15, 0.2) is 0 Å². The molecule has 0 aromatic heterocycles. The third-order valence-electron chi connectivity index (χ3n) is 5.38. The fourth-order valence-corrected chi connectivity index (χ4v) is 3.87. The Bertz CT molecular complexity index is 285. The van der Waals surface area contributed by atoms with Crippen molar-refractivity contribution in [2.24, 2.45) is 17.8 Å². The van der Waals surface area contributed by atoms with Crippen molar-refractivity contribution < 1.29 is 13.2 Å². The standard InChI is InChI=1S/C16H28F3N/c1-11(2)12-3-7-14(8-4-12)20-15-9-5-13(6-10-15)16(17,18)19/h11-15,20H,3-10H2,1-2H3. The van der Waals surface area contributed by atoms with E-state index in [1.165, 1.54) is 25.7 Å². The van der Waals surface area contributed by atoms with E-state index in [1.807, 2.05) is 0 Å². The van der Waals surface area contributed by atoms with Gasteiger partial charge in [0.1, 0.15) is 0 Å². The molecule has 2 aliphatic carbocycles. The lowest BCUT2D eigenvalue weighted by molar-refractivity contribution is -0.182. The Hall–Kier alpha value is -0.250. The molecular weight excluding hydrogens is 263 g/mol. The number of alkyl halides is 3. The van der Waals surface area contributed by atoms with Crippen LogP contribution in [0.1, 0.15) is 65.2 Å². The quantitative estimate of drug-likeness (QED) is 0.779. The van der Waals surface area contributed by atoms with Crippen LogP contribution in [0, 0.1) is 17.8 Å². The Morgan fingerprint density at radius 1 is 0.800 bits per heavy atom. The van der Waals surface area contributed by atoms with Crippen molar-refractivity contribution in [3.05, 3.63) is 0 Å². The van der Waals surface area contributed by atoms with Crippen molar-refractivity contribution in [3.8, 4) is 0 Å². The molecule has 1 nitrogen and oxygen atoms in total. The van der Waals surface area contributed by atoms with E-state index in [-0.39, 0.29) is 0 Å². The summed E-state index contributed by atoms with van der Waals surface area (Å²) < 4.78 is 37.9. The summed E-state index contributed by atoms with van der Waals surface area (Å²) in [5.74, 6) is 0.546. The normalized spacial score (nSPS) is 36.3. The molecule has 1 N–H and O–H groups in total. The van der Waals surface area contributed by atoms with Crippen LogP contribution < -0.4 is 5.32 Å². The Morgan fingerprint density at radius 2 is 1.25 bits per heavy atom. The first-order valence-corrected chi connectivity index (χ1v) is 8.19. The first kappa shape index (κ1) is 16.1. The van der Waals surface area contributed by atoms with Gasteiger partial charge in [0, 0.05) is 12.1 Å². The number of halogens is 3. The summed E-state index contributed by atoms with van der Waals surface area (Å²) in [5, 5.41) is 3.62. The third-order valence-corrected chi connectivity index (χ3v) is 5.38. The summed E-state index contributed by atoms with van der Waals surface area (Å²) >= 11 is 0. The Balaban J connectivity index is 1.69. The summed E-state index contributed by atoms with van der Waals surface area (Å²) in [7, 11) is 0. The first-order valence-electron chi connectivity index (χ1n) is 8.19. The van der Waals surface area contributed by atoms with Gasteiger partial charge in [0.2, 0.25) is 0 Å². The van der Waals surface area contributed by atoms with E-state index in [0.29, 0.717) is 37.8 Å². The molecule has 0 unspecified atom stereocenters. The highest BCUT2D eigenvalue weighted by molar-refractivity contribution is 4.85. The molecule has 20 heavy (non-hydrogen) atoms. The molecule has 0 radical (unpaired) electrons. The van der Waals surface area contributed by atoms with Crippen LogP contribution in [-0.2, 0) is 0 Å². The van der Waals surface area contributed by atoms with Crippen LogP contribution >= 0.6 is 0 Å². The molecule has 2 rings (SSSR count). The smallest absolute Gasteiger partial charge is 0.311 e. The van der Waals surface area contributed by atoms with Gasteiger partial charge in [-0.1, -0.05) is 13.8 Å². The highest BCUT2D eigenvalue weighted by Crippen LogP contribution is 2.38. The molecule has 0 atom stereocenters. The average Bonchev–Trinajstić information content (AvgIpc) is 2.39. The lowest BCUT2D eigenvalue weighted by atomic mass is 9.79. The van der Waals surface area contributed by atoms with Crippen molar-refractivity contribution in [2.45, 2.75) is 83.5 Å². The minimum Gasteiger partial charge on any atom is -0.311 e. The molecule has 2 saturated carbocycles. The van der Waals surface area contributed by atoms with Crippen LogP contribution in [0.15, 0.2) is 0 Å². The van der Waals surface area contributed by atoms with E-state index >= 15 is 0 Å². The minimum absolute atomic E-state index is 0.308. The summed E-state index contributed by atoms with van der Waals surface area (Å²) in [5.41, 5.74) is 0. The highest BCUT2D eigenvalue weighted by atomic mass is 19.4. The largest absolute Gasteiger partial charge is 0.391 e. The lowest BCUT2D eigenvalue weighted by Gasteiger charge is -2.36. The Labute approximate surface area is 120 Å². The van der Waals surface area contributed by atoms with Crippen LogP contribution in [-0.4, -0.2) is 18.3 Å². The lowest BCUT2D eigenvalue weighted by Crippen LogP contribution is -2.43. The average molecular weight is 291 g/mol. The zero-order valence-corrected chi connectivity index (χ0v) is 12.7. The Morgan fingerprint density at radius 3 is 1.65 bits per heavy atom. The van der Waals surface area contributed by atoms with E-state index < -0.39 is 12.1 Å². The number of nitrogens with one attached hydrogen (secondary N) is 1. The predicted molar refractivity (Wildman–Crippen MR) is 75.5 cm³/mol. The van der Waals surface area contributed by atoms with E-state index in [2.05, 4.69) is 19.2 Å². The van der Waals surface area contributed by atoms with Crippen molar-refractivity contribution in [1.29, 1.82) is 0 Å². The number of hydrogen-bond donors (Lipinski definition) is 1. The zero-order valence-electron chi connectivity index (χ0n) is 12.7. The van der Waals surface area contributed by atoms with Gasteiger partial charge in [-0.3, -0.25) is 0 Å². The SMILES string of the molecule is CC(C)C1CCC(NC2CCC(C(F)(F)F)CC2)CC1. The van der Waals surface area contributed by atoms with Gasteiger partial charge in [0.25, 0.3) is 0 Å². The molecule has 0 amide bonds. The van der Waals surface area contributed by atoms with Gasteiger partial charge in [0.05, 0.1) is 5.92 Å². The van der Waals surface area contributed by atoms with E-state index in [1.54, 1.807) is 0 Å². The minimum atomic E-state index is -3.99. The van der Waals surface area contributed by atoms with Crippen LogP contribution in [0.3, 0.4) is 0 Å². The molecule has 2 fully saturated rings. The first-order chi connectivity index (χ1) is 9.36. The molecule has 4 heteroatoms. The van der Waals surface area contributed by atoms with Crippen LogP contribution in [0.25, 0.3) is 0 Å². The van der Waals surface area contributed by atoms with Crippen molar-refractivity contribution >= 4 is 0 Å². The molecule has 2 aliphatic rings. The molecule has 0 saturated heterocycles. The van der Waals surface area contributed by atoms with Gasteiger partial charge < -0.3 is 5.32 Å². The van der Waals surface area contributed by atoms with Crippen LogP contribution in [0.4, 0.5) is 13.2 Å². The predicted octanol–water partition coefficient (Wildman–Crippen LogP) is 4.91. The number of hydrogen-bond acceptors (Lipinski definition) is 1. The van der Waals surface area contributed by atoms with Gasteiger partial charge in [-0.25, -0.2) is 0 Å². The number of rotatable bonds is 3. The molecule has 0 aliphatic heterocycles. The maximum absolute atomic E-state index is 12.6. The fraction of sp³-hybridized carbons (Fsp3) is 1.00. The fourth-order valence-electron chi connectivity index (χ4n) is 3.87. The summed E-state index contributed by atoms with van der Waals surface area (Å²) in [6.45, 7) is 4.58. The van der Waals surface area contributed by atoms with Crippen LogP contribution in [0.5, 0.6) is 0 Å². The molecule has 0 aromatic carbocycles. The molecular formula is C16H28F3N. The molecule has 0 bridgehead atoms. The second-order valence-electron chi connectivity index (χ2n) is 7.11. The monoisotopic (exact) mass is 291 g/mol. The van der Waals surface area contributed by atoms with Gasteiger partial charge in [-0.05, 0) is 63.2 Å².